The van der Waals surface area contributed by atoms with Gasteiger partial charge in [0.05, 0.1) is 13.2 Å². The van der Waals surface area contributed by atoms with E-state index in [2.05, 4.69) is 9.88 Å². The Morgan fingerprint density at radius 2 is 2.28 bits per heavy atom. The van der Waals surface area contributed by atoms with Crippen LogP contribution in [0.4, 0.5) is 5.82 Å². The van der Waals surface area contributed by atoms with E-state index in [0.717, 1.165) is 24.5 Å². The average molecular weight is 251 g/mol. The molecule has 2 rings (SSSR count). The van der Waals surface area contributed by atoms with Gasteiger partial charge < -0.3 is 20.5 Å². The fourth-order valence-electron chi connectivity index (χ4n) is 1.97. The van der Waals surface area contributed by atoms with Crippen molar-refractivity contribution in [3.63, 3.8) is 0 Å². The van der Waals surface area contributed by atoms with Crippen molar-refractivity contribution in [3.8, 4) is 0 Å². The van der Waals surface area contributed by atoms with E-state index in [9.17, 15) is 4.79 Å². The summed E-state index contributed by atoms with van der Waals surface area (Å²) in [7, 11) is 0. The number of nitrogens with two attached hydrogens (primary N) is 1. The minimum absolute atomic E-state index is 0.288. The Hall–Kier alpha value is -1.66. The van der Waals surface area contributed by atoms with Crippen LogP contribution in [-0.4, -0.2) is 48.4 Å². The lowest BCUT2D eigenvalue weighted by Gasteiger charge is -2.29. The van der Waals surface area contributed by atoms with E-state index in [1.165, 1.54) is 0 Å². The highest BCUT2D eigenvalue weighted by Gasteiger charge is 2.19. The van der Waals surface area contributed by atoms with Crippen LogP contribution in [0.2, 0.25) is 0 Å². The Labute approximate surface area is 105 Å². The molecule has 0 amide bonds. The molecule has 0 spiro atoms. The number of nitrogens with zero attached hydrogens (tertiary/aromatic N) is 2. The lowest BCUT2D eigenvalue weighted by Crippen LogP contribution is -2.38. The highest BCUT2D eigenvalue weighted by Crippen LogP contribution is 2.19. The molecular weight excluding hydrogens is 234 g/mol. The molecule has 1 aromatic heterocycles. The fraction of sp³-hybridized carbons (Fsp3) is 0.500. The van der Waals surface area contributed by atoms with Crippen molar-refractivity contribution in [1.29, 1.82) is 0 Å². The van der Waals surface area contributed by atoms with E-state index in [4.69, 9.17) is 15.6 Å². The van der Waals surface area contributed by atoms with Crippen LogP contribution in [0.1, 0.15) is 5.56 Å². The molecule has 6 heteroatoms. The van der Waals surface area contributed by atoms with Crippen LogP contribution in [0.3, 0.4) is 0 Å². The van der Waals surface area contributed by atoms with Crippen LogP contribution >= 0.6 is 0 Å². The van der Waals surface area contributed by atoms with Crippen molar-refractivity contribution >= 4 is 11.8 Å². The Morgan fingerprint density at radius 3 is 2.94 bits per heavy atom. The second-order valence-corrected chi connectivity index (χ2v) is 4.23. The van der Waals surface area contributed by atoms with Gasteiger partial charge in [-0.2, -0.15) is 0 Å². The molecule has 1 aliphatic rings. The zero-order valence-corrected chi connectivity index (χ0v) is 10.1. The second-order valence-electron chi connectivity index (χ2n) is 4.23. The van der Waals surface area contributed by atoms with Gasteiger partial charge in [-0.3, -0.25) is 4.79 Å². The number of ether oxygens (including phenoxy) is 1. The van der Waals surface area contributed by atoms with Gasteiger partial charge in [0.15, 0.2) is 0 Å². The third kappa shape index (κ3) is 2.96. The fourth-order valence-corrected chi connectivity index (χ4v) is 1.97. The first-order valence-electron chi connectivity index (χ1n) is 5.93. The molecule has 98 valence electrons. The van der Waals surface area contributed by atoms with Gasteiger partial charge in [-0.05, 0) is 11.6 Å². The zero-order valence-electron chi connectivity index (χ0n) is 10.1. The summed E-state index contributed by atoms with van der Waals surface area (Å²) in [5, 5.41) is 8.87. The molecule has 0 aliphatic carbocycles. The summed E-state index contributed by atoms with van der Waals surface area (Å²) < 4.78 is 5.29. The highest BCUT2D eigenvalue weighted by atomic mass is 16.5. The zero-order chi connectivity index (χ0) is 13.0. The summed E-state index contributed by atoms with van der Waals surface area (Å²) in [5.74, 6) is -0.177. The van der Waals surface area contributed by atoms with Crippen molar-refractivity contribution in [2.45, 2.75) is 12.5 Å². The number of carboxylic acids is 1. The first-order chi connectivity index (χ1) is 8.68. The van der Waals surface area contributed by atoms with Gasteiger partial charge in [-0.1, -0.05) is 6.07 Å². The molecular formula is C12H17N3O3. The molecule has 6 nitrogen and oxygen atoms in total. The predicted octanol–water partition coefficient (Wildman–Crippen LogP) is -0.127. The number of morpholine rings is 1. The first-order valence-corrected chi connectivity index (χ1v) is 5.93. The first kappa shape index (κ1) is 12.8. The second kappa shape index (κ2) is 5.79. The molecule has 3 N–H and O–H groups in total. The summed E-state index contributed by atoms with van der Waals surface area (Å²) >= 11 is 0. The van der Waals surface area contributed by atoms with Gasteiger partial charge in [0.1, 0.15) is 11.9 Å². The number of rotatable bonds is 4. The van der Waals surface area contributed by atoms with Crippen molar-refractivity contribution in [2.24, 2.45) is 5.73 Å². The molecule has 1 saturated heterocycles. The predicted molar refractivity (Wildman–Crippen MR) is 66.6 cm³/mol. The number of carbonyl (C=O) groups is 1. The van der Waals surface area contributed by atoms with Crippen LogP contribution in [0.15, 0.2) is 18.3 Å². The average Bonchev–Trinajstić information content (AvgIpc) is 2.40. The van der Waals surface area contributed by atoms with E-state index in [1.54, 1.807) is 12.3 Å². The van der Waals surface area contributed by atoms with E-state index in [-0.39, 0.29) is 6.42 Å². The summed E-state index contributed by atoms with van der Waals surface area (Å²) in [6.45, 7) is 2.88. The van der Waals surface area contributed by atoms with Gasteiger partial charge >= 0.3 is 5.97 Å². The molecule has 1 unspecified atom stereocenters. The van der Waals surface area contributed by atoms with Gasteiger partial charge in [0.25, 0.3) is 0 Å². The number of hydrogen-bond acceptors (Lipinski definition) is 5. The van der Waals surface area contributed by atoms with Crippen LogP contribution in [0.5, 0.6) is 0 Å². The summed E-state index contributed by atoms with van der Waals surface area (Å²) in [4.78, 5) is 17.3. The number of carboxylic acid groups (broad SMARTS) is 1. The maximum absolute atomic E-state index is 10.8. The van der Waals surface area contributed by atoms with E-state index >= 15 is 0 Å². The third-order valence-electron chi connectivity index (χ3n) is 2.94. The van der Waals surface area contributed by atoms with E-state index in [0.29, 0.717) is 13.2 Å². The van der Waals surface area contributed by atoms with Crippen LogP contribution in [-0.2, 0) is 16.0 Å². The molecule has 0 bridgehead atoms. The van der Waals surface area contributed by atoms with Crippen molar-refractivity contribution in [1.82, 2.24) is 4.98 Å². The molecule has 0 radical (unpaired) electrons. The summed E-state index contributed by atoms with van der Waals surface area (Å²) in [6, 6.07) is 2.78. The van der Waals surface area contributed by atoms with E-state index in [1.807, 2.05) is 6.07 Å². The molecule has 1 aliphatic heterocycles. The standard InChI is InChI=1S/C12H17N3O3/c13-10(12(16)17)8-9-2-1-3-14-11(9)15-4-6-18-7-5-15/h1-3,10H,4-8,13H2,(H,16,17). The number of hydrogen-bond donors (Lipinski definition) is 2. The summed E-state index contributed by atoms with van der Waals surface area (Å²) in [5.41, 5.74) is 6.45. The number of anilines is 1. The Morgan fingerprint density at radius 1 is 1.56 bits per heavy atom. The summed E-state index contributed by atoms with van der Waals surface area (Å²) in [6.07, 6.45) is 2.00. The number of pyridine rings is 1. The molecule has 1 aromatic rings. The van der Waals surface area contributed by atoms with Gasteiger partial charge in [-0.15, -0.1) is 0 Å². The SMILES string of the molecule is NC(Cc1cccnc1N1CCOCC1)C(=O)O. The highest BCUT2D eigenvalue weighted by molar-refractivity contribution is 5.74. The van der Waals surface area contributed by atoms with E-state index < -0.39 is 12.0 Å². The monoisotopic (exact) mass is 251 g/mol. The smallest absolute Gasteiger partial charge is 0.320 e. The normalized spacial score (nSPS) is 17.5. The lowest BCUT2D eigenvalue weighted by atomic mass is 10.1. The largest absolute Gasteiger partial charge is 0.480 e. The van der Waals surface area contributed by atoms with Crippen LogP contribution in [0, 0.1) is 0 Å². The van der Waals surface area contributed by atoms with Crippen molar-refractivity contribution < 1.29 is 14.6 Å². The van der Waals surface area contributed by atoms with Crippen LogP contribution < -0.4 is 10.6 Å². The Bertz CT molecular complexity index is 419. The van der Waals surface area contributed by atoms with Gasteiger partial charge in [0, 0.05) is 25.7 Å². The maximum atomic E-state index is 10.8. The van der Waals surface area contributed by atoms with Gasteiger partial charge in [0.2, 0.25) is 0 Å². The lowest BCUT2D eigenvalue weighted by molar-refractivity contribution is -0.138. The molecule has 18 heavy (non-hydrogen) atoms. The molecule has 1 fully saturated rings. The number of aliphatic carboxylic acids is 1. The molecule has 2 heterocycles. The molecule has 0 saturated carbocycles. The van der Waals surface area contributed by atoms with Crippen molar-refractivity contribution in [3.05, 3.63) is 23.9 Å². The Balaban J connectivity index is 2.16. The quantitative estimate of drug-likeness (QED) is 0.775. The molecule has 1 atom stereocenters. The van der Waals surface area contributed by atoms with Crippen molar-refractivity contribution in [2.75, 3.05) is 31.2 Å². The minimum Gasteiger partial charge on any atom is -0.480 e. The molecule has 0 aromatic carbocycles. The number of aromatic nitrogens is 1. The minimum atomic E-state index is -0.994. The van der Waals surface area contributed by atoms with Gasteiger partial charge in [-0.25, -0.2) is 4.98 Å². The van der Waals surface area contributed by atoms with Crippen LogP contribution in [0.25, 0.3) is 0 Å². The Kier molecular flexibility index (Phi) is 4.11. The maximum Gasteiger partial charge on any atom is 0.320 e. The third-order valence-corrected chi connectivity index (χ3v) is 2.94. The topological polar surface area (TPSA) is 88.7 Å².